The van der Waals surface area contributed by atoms with E-state index in [-0.39, 0.29) is 5.91 Å². The molecule has 5 heteroatoms. The lowest BCUT2D eigenvalue weighted by Gasteiger charge is -2.09. The van der Waals surface area contributed by atoms with Crippen molar-refractivity contribution in [2.24, 2.45) is 0 Å². The molecule has 0 unspecified atom stereocenters. The summed E-state index contributed by atoms with van der Waals surface area (Å²) in [6.45, 7) is 0.554. The lowest BCUT2D eigenvalue weighted by Crippen LogP contribution is -2.11. The molecule has 0 radical (unpaired) electrons. The molecule has 0 spiro atoms. The Morgan fingerprint density at radius 3 is 2.65 bits per heavy atom. The Morgan fingerprint density at radius 1 is 1.09 bits per heavy atom. The molecule has 1 aromatic heterocycles. The molecule has 0 aliphatic carbocycles. The fourth-order valence-electron chi connectivity index (χ4n) is 2.18. The maximum atomic E-state index is 12.1. The van der Waals surface area contributed by atoms with Gasteiger partial charge in [-0.3, -0.25) is 4.79 Å². The monoisotopic (exact) mass is 304 g/mol. The molecule has 3 aromatic rings. The SMILES string of the molecule is O=C(/C=C\c1ccccc1)Nc1ccccc1Cn1cncn1. The summed E-state index contributed by atoms with van der Waals surface area (Å²) in [5.74, 6) is -0.167. The van der Waals surface area contributed by atoms with Crippen molar-refractivity contribution in [1.29, 1.82) is 0 Å². The summed E-state index contributed by atoms with van der Waals surface area (Å²) in [5, 5.41) is 6.99. The van der Waals surface area contributed by atoms with Crippen LogP contribution in [0.3, 0.4) is 0 Å². The van der Waals surface area contributed by atoms with Crippen LogP contribution in [0.2, 0.25) is 0 Å². The standard InChI is InChI=1S/C18H16N4O/c23-18(11-10-15-6-2-1-3-7-15)21-17-9-5-4-8-16(17)12-22-14-19-13-20-22/h1-11,13-14H,12H2,(H,21,23)/b11-10-. The summed E-state index contributed by atoms with van der Waals surface area (Å²) >= 11 is 0. The van der Waals surface area contributed by atoms with E-state index in [1.807, 2.05) is 54.6 Å². The number of nitrogens with zero attached hydrogens (tertiary/aromatic N) is 3. The lowest BCUT2D eigenvalue weighted by molar-refractivity contribution is -0.111. The molecule has 0 atom stereocenters. The van der Waals surface area contributed by atoms with Gasteiger partial charge in [-0.2, -0.15) is 5.10 Å². The van der Waals surface area contributed by atoms with E-state index < -0.39 is 0 Å². The predicted molar refractivity (Wildman–Crippen MR) is 89.7 cm³/mol. The Hall–Kier alpha value is -3.21. The number of rotatable bonds is 5. The first-order chi connectivity index (χ1) is 11.3. The van der Waals surface area contributed by atoms with E-state index in [1.165, 1.54) is 12.4 Å². The molecule has 23 heavy (non-hydrogen) atoms. The number of carbonyl (C=O) groups excluding carboxylic acids is 1. The number of aromatic nitrogens is 3. The summed E-state index contributed by atoms with van der Waals surface area (Å²) in [4.78, 5) is 16.0. The van der Waals surface area contributed by atoms with Crippen LogP contribution in [0.4, 0.5) is 5.69 Å². The van der Waals surface area contributed by atoms with Gasteiger partial charge in [-0.05, 0) is 23.3 Å². The second kappa shape index (κ2) is 7.17. The average Bonchev–Trinajstić information content (AvgIpc) is 3.09. The first kappa shape index (κ1) is 14.7. The third-order valence-electron chi connectivity index (χ3n) is 3.30. The van der Waals surface area contributed by atoms with Gasteiger partial charge >= 0.3 is 0 Å². The van der Waals surface area contributed by atoms with Gasteiger partial charge in [-0.15, -0.1) is 0 Å². The average molecular weight is 304 g/mol. The third-order valence-corrected chi connectivity index (χ3v) is 3.30. The first-order valence-corrected chi connectivity index (χ1v) is 7.26. The van der Waals surface area contributed by atoms with Crippen LogP contribution in [0, 0.1) is 0 Å². The number of anilines is 1. The van der Waals surface area contributed by atoms with Gasteiger partial charge in [-0.1, -0.05) is 48.5 Å². The minimum absolute atomic E-state index is 0.167. The Balaban J connectivity index is 1.70. The molecule has 0 aliphatic rings. The van der Waals surface area contributed by atoms with E-state index in [0.717, 1.165) is 16.8 Å². The van der Waals surface area contributed by atoms with Crippen LogP contribution >= 0.6 is 0 Å². The molecule has 1 N–H and O–H groups in total. The van der Waals surface area contributed by atoms with Crippen molar-refractivity contribution in [2.75, 3.05) is 5.32 Å². The van der Waals surface area contributed by atoms with E-state index in [0.29, 0.717) is 6.54 Å². The predicted octanol–water partition coefficient (Wildman–Crippen LogP) is 2.98. The highest BCUT2D eigenvalue weighted by Gasteiger charge is 2.05. The van der Waals surface area contributed by atoms with E-state index in [1.54, 1.807) is 17.1 Å². The van der Waals surface area contributed by atoms with Crippen molar-refractivity contribution < 1.29 is 4.79 Å². The zero-order valence-corrected chi connectivity index (χ0v) is 12.5. The second-order valence-corrected chi connectivity index (χ2v) is 4.98. The van der Waals surface area contributed by atoms with Gasteiger partial charge in [0, 0.05) is 11.8 Å². The van der Waals surface area contributed by atoms with E-state index in [9.17, 15) is 4.79 Å². The van der Waals surface area contributed by atoms with Crippen molar-refractivity contribution in [1.82, 2.24) is 14.8 Å². The minimum atomic E-state index is -0.167. The Bertz CT molecular complexity index is 795. The fourth-order valence-corrected chi connectivity index (χ4v) is 2.18. The van der Waals surface area contributed by atoms with E-state index in [2.05, 4.69) is 15.4 Å². The topological polar surface area (TPSA) is 59.8 Å². The number of carbonyl (C=O) groups is 1. The molecule has 0 fully saturated rings. The van der Waals surface area contributed by atoms with Gasteiger partial charge in [0.15, 0.2) is 0 Å². The minimum Gasteiger partial charge on any atom is -0.322 e. The zero-order chi connectivity index (χ0) is 15.9. The molecule has 2 aromatic carbocycles. The van der Waals surface area contributed by atoms with Gasteiger partial charge in [-0.25, -0.2) is 9.67 Å². The number of amides is 1. The van der Waals surface area contributed by atoms with Gasteiger partial charge in [0.1, 0.15) is 12.7 Å². The van der Waals surface area contributed by atoms with Crippen molar-refractivity contribution in [3.8, 4) is 0 Å². The fraction of sp³-hybridized carbons (Fsp3) is 0.0556. The lowest BCUT2D eigenvalue weighted by atomic mass is 10.1. The number of nitrogens with one attached hydrogen (secondary N) is 1. The summed E-state index contributed by atoms with van der Waals surface area (Å²) in [6, 6.07) is 17.4. The summed E-state index contributed by atoms with van der Waals surface area (Å²) in [6.07, 6.45) is 6.45. The Morgan fingerprint density at radius 2 is 1.87 bits per heavy atom. The Labute approximate surface area is 134 Å². The third kappa shape index (κ3) is 4.14. The molecule has 0 bridgehead atoms. The summed E-state index contributed by atoms with van der Waals surface area (Å²) in [5.41, 5.74) is 2.73. The Kier molecular flexibility index (Phi) is 4.59. The number of hydrogen-bond acceptors (Lipinski definition) is 3. The normalized spacial score (nSPS) is 10.8. The van der Waals surface area contributed by atoms with Gasteiger partial charge in [0.05, 0.1) is 6.54 Å². The van der Waals surface area contributed by atoms with Crippen LogP contribution in [-0.4, -0.2) is 20.7 Å². The maximum absolute atomic E-state index is 12.1. The van der Waals surface area contributed by atoms with Crippen LogP contribution < -0.4 is 5.32 Å². The molecule has 1 amide bonds. The number of benzene rings is 2. The largest absolute Gasteiger partial charge is 0.322 e. The van der Waals surface area contributed by atoms with E-state index >= 15 is 0 Å². The maximum Gasteiger partial charge on any atom is 0.248 e. The van der Waals surface area contributed by atoms with Crippen LogP contribution in [0.5, 0.6) is 0 Å². The highest BCUT2D eigenvalue weighted by molar-refractivity contribution is 6.02. The second-order valence-electron chi connectivity index (χ2n) is 4.98. The molecule has 5 nitrogen and oxygen atoms in total. The van der Waals surface area contributed by atoms with Crippen molar-refractivity contribution in [3.05, 3.63) is 84.5 Å². The molecule has 0 aliphatic heterocycles. The number of hydrogen-bond donors (Lipinski definition) is 1. The van der Waals surface area contributed by atoms with E-state index in [4.69, 9.17) is 0 Å². The first-order valence-electron chi connectivity index (χ1n) is 7.26. The zero-order valence-electron chi connectivity index (χ0n) is 12.5. The molecule has 3 rings (SSSR count). The van der Waals surface area contributed by atoms with Crippen molar-refractivity contribution in [2.45, 2.75) is 6.54 Å². The smallest absolute Gasteiger partial charge is 0.248 e. The molecule has 114 valence electrons. The molecular formula is C18H16N4O. The van der Waals surface area contributed by atoms with Gasteiger partial charge < -0.3 is 5.32 Å². The molecule has 0 saturated heterocycles. The molecular weight excluding hydrogens is 288 g/mol. The van der Waals surface area contributed by atoms with Crippen LogP contribution in [0.15, 0.2) is 73.3 Å². The highest BCUT2D eigenvalue weighted by atomic mass is 16.1. The summed E-state index contributed by atoms with van der Waals surface area (Å²) in [7, 11) is 0. The van der Waals surface area contributed by atoms with Crippen molar-refractivity contribution >= 4 is 17.7 Å². The highest BCUT2D eigenvalue weighted by Crippen LogP contribution is 2.16. The van der Waals surface area contributed by atoms with Gasteiger partial charge in [0.25, 0.3) is 0 Å². The quantitative estimate of drug-likeness (QED) is 0.737. The van der Waals surface area contributed by atoms with Crippen molar-refractivity contribution in [3.63, 3.8) is 0 Å². The molecule has 0 saturated carbocycles. The van der Waals surface area contributed by atoms with Crippen LogP contribution in [0.1, 0.15) is 11.1 Å². The number of para-hydroxylation sites is 1. The van der Waals surface area contributed by atoms with Crippen LogP contribution in [0.25, 0.3) is 6.08 Å². The van der Waals surface area contributed by atoms with Gasteiger partial charge in [0.2, 0.25) is 5.91 Å². The molecule has 1 heterocycles. The summed E-state index contributed by atoms with van der Waals surface area (Å²) < 4.78 is 1.71. The van der Waals surface area contributed by atoms with Crippen LogP contribution in [-0.2, 0) is 11.3 Å².